The fraction of sp³-hybridized carbons (Fsp3) is 0.600. The number of ether oxygens (including phenoxy) is 1. The molecule has 0 rings (SSSR count). The lowest BCUT2D eigenvalue weighted by Gasteiger charge is -2.26. The number of carboxylic acids is 1. The molecule has 1 atom stereocenters. The molecule has 0 fully saturated rings. The van der Waals surface area contributed by atoms with Gasteiger partial charge in [-0.15, -0.1) is 11.8 Å². The van der Waals surface area contributed by atoms with Crippen LogP contribution in [0.4, 0.5) is 0 Å². The van der Waals surface area contributed by atoms with Crippen LogP contribution >= 0.6 is 11.8 Å². The Bertz CT molecular complexity index is 289. The summed E-state index contributed by atoms with van der Waals surface area (Å²) >= 11 is 1.18. The zero-order valence-electron chi connectivity index (χ0n) is 9.60. The predicted molar refractivity (Wildman–Crippen MR) is 63.1 cm³/mol. The van der Waals surface area contributed by atoms with Crippen molar-refractivity contribution in [3.8, 4) is 0 Å². The highest BCUT2D eigenvalue weighted by Gasteiger charge is 2.31. The zero-order chi connectivity index (χ0) is 12.8. The summed E-state index contributed by atoms with van der Waals surface area (Å²) < 4.78 is 3.99. The molecule has 0 aromatic rings. The standard InChI is InChI=1S/C10H17NO4S/c1-4-15-7(12)5-6-16-10(2,3)8(11)9(13)14/h5-6,8H,4,11H2,1-3H3,(H,13,14)/t8-/m1/s1. The number of carbonyl (C=O) groups is 2. The van der Waals surface area contributed by atoms with Crippen molar-refractivity contribution in [3.63, 3.8) is 0 Å². The lowest BCUT2D eigenvalue weighted by Crippen LogP contribution is -2.46. The second-order valence-electron chi connectivity index (χ2n) is 3.59. The van der Waals surface area contributed by atoms with Crippen molar-refractivity contribution in [2.45, 2.75) is 31.6 Å². The zero-order valence-corrected chi connectivity index (χ0v) is 10.4. The molecular formula is C10H17NO4S. The Hall–Kier alpha value is -1.01. The average Bonchev–Trinajstić information content (AvgIpc) is 2.16. The number of esters is 1. The Balaban J connectivity index is 4.28. The monoisotopic (exact) mass is 247 g/mol. The fourth-order valence-corrected chi connectivity index (χ4v) is 1.60. The summed E-state index contributed by atoms with van der Waals surface area (Å²) in [6, 6.07) is -0.996. The van der Waals surface area contributed by atoms with E-state index in [9.17, 15) is 9.59 Å². The highest BCUT2D eigenvalue weighted by atomic mass is 32.2. The van der Waals surface area contributed by atoms with Crippen molar-refractivity contribution in [1.29, 1.82) is 0 Å². The van der Waals surface area contributed by atoms with Gasteiger partial charge in [-0.2, -0.15) is 0 Å². The van der Waals surface area contributed by atoms with Gasteiger partial charge < -0.3 is 15.6 Å². The summed E-state index contributed by atoms with van der Waals surface area (Å²) in [6.45, 7) is 5.42. The van der Waals surface area contributed by atoms with E-state index in [1.807, 2.05) is 0 Å². The predicted octanol–water partition coefficient (Wildman–Crippen LogP) is 0.987. The van der Waals surface area contributed by atoms with Gasteiger partial charge in [-0.3, -0.25) is 4.79 Å². The molecule has 0 aliphatic rings. The largest absolute Gasteiger partial charge is 0.480 e. The minimum Gasteiger partial charge on any atom is -0.480 e. The summed E-state index contributed by atoms with van der Waals surface area (Å²) in [6.07, 6.45) is 1.25. The Morgan fingerprint density at radius 2 is 2.12 bits per heavy atom. The third-order valence-electron chi connectivity index (χ3n) is 1.88. The molecule has 0 aliphatic carbocycles. The number of carbonyl (C=O) groups excluding carboxylic acids is 1. The smallest absolute Gasteiger partial charge is 0.331 e. The van der Waals surface area contributed by atoms with Crippen molar-refractivity contribution >= 4 is 23.7 Å². The number of rotatable bonds is 6. The van der Waals surface area contributed by atoms with Crippen LogP contribution in [0.3, 0.4) is 0 Å². The molecule has 0 saturated carbocycles. The van der Waals surface area contributed by atoms with E-state index in [0.717, 1.165) is 0 Å². The maximum Gasteiger partial charge on any atom is 0.331 e. The van der Waals surface area contributed by atoms with Crippen LogP contribution in [0.25, 0.3) is 0 Å². The van der Waals surface area contributed by atoms with Gasteiger partial charge in [0.25, 0.3) is 0 Å². The van der Waals surface area contributed by atoms with E-state index in [1.165, 1.54) is 23.2 Å². The summed E-state index contributed by atoms with van der Waals surface area (Å²) in [5.74, 6) is -1.52. The van der Waals surface area contributed by atoms with Crippen molar-refractivity contribution < 1.29 is 19.4 Å². The van der Waals surface area contributed by atoms with Gasteiger partial charge in [-0.25, -0.2) is 4.79 Å². The van der Waals surface area contributed by atoms with Crippen LogP contribution in [0.15, 0.2) is 11.5 Å². The molecule has 0 aliphatic heterocycles. The van der Waals surface area contributed by atoms with Crippen molar-refractivity contribution in [2.24, 2.45) is 5.73 Å². The maximum absolute atomic E-state index is 11.0. The van der Waals surface area contributed by atoms with Crippen LogP contribution in [0.5, 0.6) is 0 Å². The number of aliphatic carboxylic acids is 1. The van der Waals surface area contributed by atoms with E-state index < -0.39 is 22.7 Å². The maximum atomic E-state index is 11.0. The topological polar surface area (TPSA) is 89.6 Å². The van der Waals surface area contributed by atoms with Gasteiger partial charge in [0.05, 0.1) is 6.61 Å². The highest BCUT2D eigenvalue weighted by Crippen LogP contribution is 2.28. The van der Waals surface area contributed by atoms with E-state index in [1.54, 1.807) is 20.8 Å². The molecule has 6 heteroatoms. The molecule has 0 aromatic carbocycles. The van der Waals surface area contributed by atoms with Gasteiger partial charge in [0, 0.05) is 10.8 Å². The molecule has 92 valence electrons. The quantitative estimate of drug-likeness (QED) is 0.537. The molecule has 0 heterocycles. The second kappa shape index (κ2) is 6.55. The molecule has 0 aromatic heterocycles. The number of nitrogens with two attached hydrogens (primary N) is 1. The van der Waals surface area contributed by atoms with Crippen LogP contribution in [0, 0.1) is 0 Å². The van der Waals surface area contributed by atoms with Gasteiger partial charge >= 0.3 is 11.9 Å². The fourth-order valence-electron chi connectivity index (χ4n) is 0.826. The van der Waals surface area contributed by atoms with Crippen molar-refractivity contribution in [1.82, 2.24) is 0 Å². The first-order valence-corrected chi connectivity index (χ1v) is 5.68. The third kappa shape index (κ3) is 5.18. The number of hydrogen-bond acceptors (Lipinski definition) is 5. The minimum absolute atomic E-state index is 0.311. The van der Waals surface area contributed by atoms with Crippen molar-refractivity contribution in [3.05, 3.63) is 11.5 Å². The first-order valence-electron chi connectivity index (χ1n) is 4.80. The van der Waals surface area contributed by atoms with Gasteiger partial charge in [0.2, 0.25) is 0 Å². The van der Waals surface area contributed by atoms with Crippen LogP contribution in [0.2, 0.25) is 0 Å². The van der Waals surface area contributed by atoms with Gasteiger partial charge in [0.1, 0.15) is 6.04 Å². The summed E-state index contributed by atoms with van der Waals surface area (Å²) in [5.41, 5.74) is 5.50. The Morgan fingerprint density at radius 3 is 2.56 bits per heavy atom. The van der Waals surface area contributed by atoms with E-state index in [4.69, 9.17) is 10.8 Å². The van der Waals surface area contributed by atoms with Crippen LogP contribution < -0.4 is 5.73 Å². The number of hydrogen-bond donors (Lipinski definition) is 2. The number of thioether (sulfide) groups is 1. The highest BCUT2D eigenvalue weighted by molar-refractivity contribution is 8.03. The molecule has 0 bridgehead atoms. The first-order chi connectivity index (χ1) is 7.31. The molecule has 0 saturated heterocycles. The lowest BCUT2D eigenvalue weighted by molar-refractivity contribution is -0.139. The molecule has 3 N–H and O–H groups in total. The molecule has 0 amide bonds. The Kier molecular flexibility index (Phi) is 6.13. The van der Waals surface area contributed by atoms with Gasteiger partial charge in [0.15, 0.2) is 0 Å². The van der Waals surface area contributed by atoms with Crippen LogP contribution in [-0.2, 0) is 14.3 Å². The molecular weight excluding hydrogens is 230 g/mol. The third-order valence-corrected chi connectivity index (χ3v) is 3.01. The minimum atomic E-state index is -1.07. The van der Waals surface area contributed by atoms with Crippen molar-refractivity contribution in [2.75, 3.05) is 6.61 Å². The summed E-state index contributed by atoms with van der Waals surface area (Å²) in [4.78, 5) is 21.7. The van der Waals surface area contributed by atoms with E-state index >= 15 is 0 Å². The molecule has 0 unspecified atom stereocenters. The Labute approximate surface area is 99.0 Å². The van der Waals surface area contributed by atoms with Crippen LogP contribution in [0.1, 0.15) is 20.8 Å². The summed E-state index contributed by atoms with van der Waals surface area (Å²) in [7, 11) is 0. The number of carboxylic acid groups (broad SMARTS) is 1. The summed E-state index contributed by atoms with van der Waals surface area (Å²) in [5, 5.41) is 10.3. The van der Waals surface area contributed by atoms with E-state index in [2.05, 4.69) is 4.74 Å². The van der Waals surface area contributed by atoms with E-state index in [-0.39, 0.29) is 0 Å². The first kappa shape index (κ1) is 15.0. The SMILES string of the molecule is CCOC(=O)C=CSC(C)(C)[C@H](N)C(=O)O. The van der Waals surface area contributed by atoms with E-state index in [0.29, 0.717) is 6.61 Å². The Morgan fingerprint density at radius 1 is 1.56 bits per heavy atom. The normalized spacial score (nSPS) is 13.8. The van der Waals surface area contributed by atoms with Gasteiger partial charge in [-0.1, -0.05) is 0 Å². The molecule has 5 nitrogen and oxygen atoms in total. The second-order valence-corrected chi connectivity index (χ2v) is 5.15. The van der Waals surface area contributed by atoms with Crippen LogP contribution in [-0.4, -0.2) is 34.4 Å². The lowest BCUT2D eigenvalue weighted by atomic mass is 10.1. The molecule has 0 radical (unpaired) electrons. The molecule has 0 spiro atoms. The average molecular weight is 247 g/mol. The van der Waals surface area contributed by atoms with Gasteiger partial charge in [-0.05, 0) is 26.2 Å². The molecule has 16 heavy (non-hydrogen) atoms.